The largest absolute Gasteiger partial charge is 0.495 e. The predicted octanol–water partition coefficient (Wildman–Crippen LogP) is 4.32. The lowest BCUT2D eigenvalue weighted by atomic mass is 10.1. The van der Waals surface area contributed by atoms with Gasteiger partial charge in [-0.3, -0.25) is 4.79 Å². The van der Waals surface area contributed by atoms with Gasteiger partial charge in [-0.2, -0.15) is 0 Å². The summed E-state index contributed by atoms with van der Waals surface area (Å²) in [5.41, 5.74) is 3.63. The molecule has 1 amide bonds. The van der Waals surface area contributed by atoms with Gasteiger partial charge in [-0.1, -0.05) is 42.0 Å². The number of nitrogens with one attached hydrogen (secondary N) is 2. The summed E-state index contributed by atoms with van der Waals surface area (Å²) in [4.78, 5) is 16.5. The first-order chi connectivity index (χ1) is 12.6. The van der Waals surface area contributed by atoms with Crippen molar-refractivity contribution in [2.24, 2.45) is 0 Å². The van der Waals surface area contributed by atoms with E-state index in [-0.39, 0.29) is 5.91 Å². The predicted molar refractivity (Wildman–Crippen MR) is 104 cm³/mol. The molecule has 0 aliphatic carbocycles. The van der Waals surface area contributed by atoms with Crippen LogP contribution in [0, 0.1) is 6.92 Å². The van der Waals surface area contributed by atoms with Gasteiger partial charge in [-0.05, 0) is 36.8 Å². The molecule has 0 aliphatic rings. The number of benzene rings is 2. The van der Waals surface area contributed by atoms with Crippen LogP contribution in [0.2, 0.25) is 0 Å². The van der Waals surface area contributed by atoms with Crippen LogP contribution in [-0.2, 0) is 11.2 Å². The van der Waals surface area contributed by atoms with Crippen molar-refractivity contribution in [3.05, 3.63) is 78.0 Å². The molecule has 2 aromatic carbocycles. The van der Waals surface area contributed by atoms with Crippen molar-refractivity contribution in [1.29, 1.82) is 0 Å². The maximum atomic E-state index is 12.2. The normalized spacial score (nSPS) is 10.2. The lowest BCUT2D eigenvalue weighted by Gasteiger charge is -2.11. The molecule has 3 aromatic rings. The molecule has 0 saturated heterocycles. The van der Waals surface area contributed by atoms with Crippen molar-refractivity contribution >= 4 is 23.1 Å². The van der Waals surface area contributed by atoms with E-state index >= 15 is 0 Å². The summed E-state index contributed by atoms with van der Waals surface area (Å²) in [5.74, 6) is 1.35. The smallest absolute Gasteiger partial charge is 0.228 e. The van der Waals surface area contributed by atoms with Crippen molar-refractivity contribution in [1.82, 2.24) is 4.98 Å². The molecule has 0 unspecified atom stereocenters. The van der Waals surface area contributed by atoms with E-state index in [0.29, 0.717) is 17.9 Å². The van der Waals surface area contributed by atoms with Crippen LogP contribution < -0.4 is 15.4 Å². The zero-order valence-electron chi connectivity index (χ0n) is 14.8. The van der Waals surface area contributed by atoms with Gasteiger partial charge >= 0.3 is 0 Å². The highest BCUT2D eigenvalue weighted by Crippen LogP contribution is 2.26. The Morgan fingerprint density at radius 1 is 1.08 bits per heavy atom. The number of hydrogen-bond acceptors (Lipinski definition) is 4. The Kier molecular flexibility index (Phi) is 5.49. The second-order valence-electron chi connectivity index (χ2n) is 5.97. The number of ether oxygens (including phenoxy) is 1. The summed E-state index contributed by atoms with van der Waals surface area (Å²) in [7, 11) is 1.63. The number of carbonyl (C=O) groups excluding carboxylic acids is 1. The minimum absolute atomic E-state index is 0.0668. The first kappa shape index (κ1) is 17.5. The lowest BCUT2D eigenvalue weighted by Crippen LogP contribution is -2.14. The van der Waals surface area contributed by atoms with E-state index in [1.54, 1.807) is 13.3 Å². The molecule has 1 heterocycles. The van der Waals surface area contributed by atoms with E-state index in [9.17, 15) is 4.79 Å². The van der Waals surface area contributed by atoms with E-state index in [1.807, 2.05) is 67.6 Å². The molecule has 5 heteroatoms. The average molecular weight is 347 g/mol. The van der Waals surface area contributed by atoms with Gasteiger partial charge in [0.05, 0.1) is 31.1 Å². The summed E-state index contributed by atoms with van der Waals surface area (Å²) in [6.45, 7) is 2.01. The molecule has 0 fully saturated rings. The molecule has 0 spiro atoms. The lowest BCUT2D eigenvalue weighted by molar-refractivity contribution is -0.115. The summed E-state index contributed by atoms with van der Waals surface area (Å²) < 4.78 is 5.31. The average Bonchev–Trinajstić information content (AvgIpc) is 2.64. The second kappa shape index (κ2) is 8.16. The first-order valence-electron chi connectivity index (χ1n) is 8.35. The van der Waals surface area contributed by atoms with Gasteiger partial charge in [0.2, 0.25) is 5.91 Å². The molecule has 1 aromatic heterocycles. The number of rotatable bonds is 6. The minimum Gasteiger partial charge on any atom is -0.495 e. The molecule has 26 heavy (non-hydrogen) atoms. The molecule has 2 N–H and O–H groups in total. The molecule has 0 aliphatic heterocycles. The number of para-hydroxylation sites is 2. The molecule has 0 radical (unpaired) electrons. The Morgan fingerprint density at radius 3 is 2.65 bits per heavy atom. The number of anilines is 3. The number of amides is 1. The Hall–Kier alpha value is -3.34. The third kappa shape index (κ3) is 4.60. The van der Waals surface area contributed by atoms with E-state index in [2.05, 4.69) is 15.6 Å². The van der Waals surface area contributed by atoms with Gasteiger partial charge in [-0.15, -0.1) is 0 Å². The molecule has 5 nitrogen and oxygen atoms in total. The van der Waals surface area contributed by atoms with Crippen LogP contribution in [0.5, 0.6) is 5.75 Å². The van der Waals surface area contributed by atoms with E-state index in [4.69, 9.17) is 4.74 Å². The highest BCUT2D eigenvalue weighted by molar-refractivity contribution is 5.92. The monoisotopic (exact) mass is 347 g/mol. The third-order valence-electron chi connectivity index (χ3n) is 3.86. The van der Waals surface area contributed by atoms with Gasteiger partial charge in [-0.25, -0.2) is 4.98 Å². The molecular weight excluding hydrogens is 326 g/mol. The first-order valence-corrected chi connectivity index (χ1v) is 8.35. The van der Waals surface area contributed by atoms with Gasteiger partial charge in [0, 0.05) is 0 Å². The molecule has 0 atom stereocenters. The highest BCUT2D eigenvalue weighted by atomic mass is 16.5. The Bertz CT molecular complexity index is 892. The maximum absolute atomic E-state index is 12.2. The Balaban J connectivity index is 1.61. The van der Waals surface area contributed by atoms with E-state index in [0.717, 1.165) is 22.6 Å². The van der Waals surface area contributed by atoms with Crippen LogP contribution in [0.25, 0.3) is 0 Å². The SMILES string of the molecule is COc1ccccc1Nc1ccc(NC(=O)Cc2cccc(C)c2)cn1. The van der Waals surface area contributed by atoms with Crippen molar-refractivity contribution in [3.8, 4) is 5.75 Å². The number of methoxy groups -OCH3 is 1. The third-order valence-corrected chi connectivity index (χ3v) is 3.86. The molecule has 132 valence electrons. The second-order valence-corrected chi connectivity index (χ2v) is 5.97. The number of nitrogens with zero attached hydrogens (tertiary/aromatic N) is 1. The number of aromatic nitrogens is 1. The maximum Gasteiger partial charge on any atom is 0.228 e. The van der Waals surface area contributed by atoms with Crippen LogP contribution in [-0.4, -0.2) is 18.0 Å². The molecule has 0 saturated carbocycles. The zero-order chi connectivity index (χ0) is 18.4. The standard InChI is InChI=1S/C21H21N3O2/c1-15-6-5-7-16(12-15)13-21(25)23-17-10-11-20(22-14-17)24-18-8-3-4-9-19(18)26-2/h3-12,14H,13H2,1-2H3,(H,22,24)(H,23,25). The number of aryl methyl sites for hydroxylation is 1. The summed E-state index contributed by atoms with van der Waals surface area (Å²) >= 11 is 0. The van der Waals surface area contributed by atoms with Crippen LogP contribution in [0.15, 0.2) is 66.9 Å². The van der Waals surface area contributed by atoms with Gasteiger partial charge in [0.1, 0.15) is 11.6 Å². The Morgan fingerprint density at radius 2 is 1.92 bits per heavy atom. The fourth-order valence-electron chi connectivity index (χ4n) is 2.64. The number of carbonyl (C=O) groups is 1. The topological polar surface area (TPSA) is 63.2 Å². The summed E-state index contributed by atoms with van der Waals surface area (Å²) in [6, 6.07) is 19.2. The molecular formula is C21H21N3O2. The number of hydrogen-bond donors (Lipinski definition) is 2. The fraction of sp³-hybridized carbons (Fsp3) is 0.143. The van der Waals surface area contributed by atoms with Gasteiger partial charge in [0.15, 0.2) is 0 Å². The molecule has 3 rings (SSSR count). The van der Waals surface area contributed by atoms with Crippen molar-refractivity contribution < 1.29 is 9.53 Å². The number of pyridine rings is 1. The minimum atomic E-state index is -0.0668. The highest BCUT2D eigenvalue weighted by Gasteiger charge is 2.06. The van der Waals surface area contributed by atoms with Crippen LogP contribution in [0.3, 0.4) is 0 Å². The zero-order valence-corrected chi connectivity index (χ0v) is 14.8. The Labute approximate surface area is 153 Å². The van der Waals surface area contributed by atoms with Gasteiger partial charge in [0.25, 0.3) is 0 Å². The van der Waals surface area contributed by atoms with Crippen molar-refractivity contribution in [3.63, 3.8) is 0 Å². The van der Waals surface area contributed by atoms with E-state index < -0.39 is 0 Å². The summed E-state index contributed by atoms with van der Waals surface area (Å²) in [6.07, 6.45) is 1.97. The van der Waals surface area contributed by atoms with Crippen LogP contribution in [0.4, 0.5) is 17.2 Å². The van der Waals surface area contributed by atoms with Gasteiger partial charge < -0.3 is 15.4 Å². The van der Waals surface area contributed by atoms with Crippen molar-refractivity contribution in [2.75, 3.05) is 17.7 Å². The van der Waals surface area contributed by atoms with Crippen LogP contribution >= 0.6 is 0 Å². The molecule has 0 bridgehead atoms. The fourth-order valence-corrected chi connectivity index (χ4v) is 2.64. The van der Waals surface area contributed by atoms with Crippen LogP contribution in [0.1, 0.15) is 11.1 Å². The summed E-state index contributed by atoms with van der Waals surface area (Å²) in [5, 5.41) is 6.07. The van der Waals surface area contributed by atoms with E-state index in [1.165, 1.54) is 0 Å². The van der Waals surface area contributed by atoms with Crippen molar-refractivity contribution in [2.45, 2.75) is 13.3 Å². The quantitative estimate of drug-likeness (QED) is 0.697.